The quantitative estimate of drug-likeness (QED) is 0.558. The highest BCUT2D eigenvalue weighted by atomic mass is 16.5. The minimum Gasteiger partial charge on any atom is -0.453 e. The van der Waals surface area contributed by atoms with Crippen LogP contribution < -0.4 is 5.32 Å². The number of carbonyl (C=O) groups is 1. The summed E-state index contributed by atoms with van der Waals surface area (Å²) in [5.41, 5.74) is 0.383. The first kappa shape index (κ1) is 7.86. The highest BCUT2D eigenvalue weighted by Gasteiger charge is 2.47. The summed E-state index contributed by atoms with van der Waals surface area (Å²) in [6.07, 6.45) is 1.01. The number of nitrogens with zero attached hydrogens (tertiary/aromatic N) is 1. The van der Waals surface area contributed by atoms with Crippen LogP contribution in [0, 0.1) is 5.41 Å². The SMILES string of the molecule is COC(=O)N1CC2(CCNC2)C1. The van der Waals surface area contributed by atoms with Gasteiger partial charge in [-0.3, -0.25) is 0 Å². The largest absolute Gasteiger partial charge is 0.453 e. The third-order valence-corrected chi connectivity index (χ3v) is 2.82. The van der Waals surface area contributed by atoms with Crippen molar-refractivity contribution in [3.05, 3.63) is 0 Å². The number of amides is 1. The second kappa shape index (κ2) is 2.62. The fraction of sp³-hybridized carbons (Fsp3) is 0.875. The van der Waals surface area contributed by atoms with E-state index in [1.54, 1.807) is 4.90 Å². The lowest BCUT2D eigenvalue weighted by Crippen LogP contribution is -2.59. The summed E-state index contributed by atoms with van der Waals surface area (Å²) in [5, 5.41) is 3.31. The van der Waals surface area contributed by atoms with E-state index in [9.17, 15) is 4.79 Å². The fourth-order valence-corrected chi connectivity index (χ4v) is 2.09. The molecule has 0 bridgehead atoms. The maximum absolute atomic E-state index is 11.0. The van der Waals surface area contributed by atoms with Gasteiger partial charge >= 0.3 is 6.09 Å². The van der Waals surface area contributed by atoms with Crippen molar-refractivity contribution >= 4 is 6.09 Å². The molecule has 4 nitrogen and oxygen atoms in total. The van der Waals surface area contributed by atoms with E-state index in [2.05, 4.69) is 10.1 Å². The molecule has 0 aromatic heterocycles. The third kappa shape index (κ3) is 1.06. The average molecular weight is 170 g/mol. The maximum Gasteiger partial charge on any atom is 0.409 e. The highest BCUT2D eigenvalue weighted by molar-refractivity contribution is 5.68. The lowest BCUT2D eigenvalue weighted by molar-refractivity contribution is 0.0159. The van der Waals surface area contributed by atoms with Crippen LogP contribution in [0.25, 0.3) is 0 Å². The Hall–Kier alpha value is -0.770. The Balaban J connectivity index is 1.86. The molecule has 2 rings (SSSR count). The molecule has 0 aliphatic carbocycles. The van der Waals surface area contributed by atoms with Crippen molar-refractivity contribution in [2.24, 2.45) is 5.41 Å². The number of nitrogens with one attached hydrogen (secondary N) is 1. The van der Waals surface area contributed by atoms with Crippen molar-refractivity contribution < 1.29 is 9.53 Å². The molecule has 2 aliphatic heterocycles. The molecule has 12 heavy (non-hydrogen) atoms. The normalized spacial score (nSPS) is 25.6. The number of hydrogen-bond acceptors (Lipinski definition) is 3. The second-order valence-electron chi connectivity index (χ2n) is 3.75. The van der Waals surface area contributed by atoms with E-state index >= 15 is 0 Å². The van der Waals surface area contributed by atoms with Crippen molar-refractivity contribution in [1.29, 1.82) is 0 Å². The Bertz CT molecular complexity index is 191. The van der Waals surface area contributed by atoms with Gasteiger partial charge in [-0.2, -0.15) is 0 Å². The van der Waals surface area contributed by atoms with Crippen molar-refractivity contribution in [3.8, 4) is 0 Å². The van der Waals surface area contributed by atoms with Gasteiger partial charge in [-0.05, 0) is 13.0 Å². The van der Waals surface area contributed by atoms with Crippen molar-refractivity contribution in [1.82, 2.24) is 10.2 Å². The Morgan fingerprint density at radius 2 is 2.33 bits per heavy atom. The first-order valence-corrected chi connectivity index (χ1v) is 4.29. The summed E-state index contributed by atoms with van der Waals surface area (Å²) in [6, 6.07) is 0. The Morgan fingerprint density at radius 3 is 2.83 bits per heavy atom. The molecular weight excluding hydrogens is 156 g/mol. The molecule has 0 atom stereocenters. The molecule has 0 aromatic rings. The number of hydrogen-bond donors (Lipinski definition) is 1. The minimum absolute atomic E-state index is 0.187. The van der Waals surface area contributed by atoms with Gasteiger partial charge < -0.3 is 15.0 Å². The van der Waals surface area contributed by atoms with Crippen molar-refractivity contribution in [2.75, 3.05) is 33.3 Å². The van der Waals surface area contributed by atoms with Gasteiger partial charge in [-0.25, -0.2) is 4.79 Å². The molecule has 0 radical (unpaired) electrons. The second-order valence-corrected chi connectivity index (χ2v) is 3.75. The molecule has 1 N–H and O–H groups in total. The zero-order chi connectivity index (χ0) is 8.60. The first-order chi connectivity index (χ1) is 5.76. The molecular formula is C8H14N2O2. The van der Waals surface area contributed by atoms with Gasteiger partial charge in [0, 0.05) is 25.0 Å². The van der Waals surface area contributed by atoms with Crippen LogP contribution in [0.5, 0.6) is 0 Å². The first-order valence-electron chi connectivity index (χ1n) is 4.29. The molecule has 2 fully saturated rings. The lowest BCUT2D eigenvalue weighted by Gasteiger charge is -2.46. The minimum atomic E-state index is -0.187. The molecule has 1 amide bonds. The number of rotatable bonds is 0. The predicted molar refractivity (Wildman–Crippen MR) is 43.9 cm³/mol. The summed E-state index contributed by atoms with van der Waals surface area (Å²) < 4.78 is 4.62. The lowest BCUT2D eigenvalue weighted by atomic mass is 9.79. The van der Waals surface area contributed by atoms with E-state index in [-0.39, 0.29) is 6.09 Å². The van der Waals surface area contributed by atoms with E-state index in [4.69, 9.17) is 0 Å². The van der Waals surface area contributed by atoms with E-state index < -0.39 is 0 Å². The summed E-state index contributed by atoms with van der Waals surface area (Å²) in [5.74, 6) is 0. The molecule has 2 aliphatic rings. The van der Waals surface area contributed by atoms with Gasteiger partial charge in [0.05, 0.1) is 7.11 Å². The van der Waals surface area contributed by atoms with Gasteiger partial charge in [0.2, 0.25) is 0 Å². The number of likely N-dealkylation sites (tertiary alicyclic amines) is 1. The smallest absolute Gasteiger partial charge is 0.409 e. The van der Waals surface area contributed by atoms with Crippen LogP contribution in [0.2, 0.25) is 0 Å². The van der Waals surface area contributed by atoms with E-state index in [1.165, 1.54) is 13.5 Å². The number of methoxy groups -OCH3 is 1. The molecule has 0 aromatic carbocycles. The van der Waals surface area contributed by atoms with Crippen molar-refractivity contribution in [2.45, 2.75) is 6.42 Å². The van der Waals surface area contributed by atoms with Crippen LogP contribution in [0.4, 0.5) is 4.79 Å². The molecule has 68 valence electrons. The van der Waals surface area contributed by atoms with Crippen LogP contribution in [-0.2, 0) is 4.74 Å². The van der Waals surface area contributed by atoms with Gasteiger partial charge in [-0.1, -0.05) is 0 Å². The molecule has 2 heterocycles. The van der Waals surface area contributed by atoms with Gasteiger partial charge in [0.25, 0.3) is 0 Å². The predicted octanol–water partition coefficient (Wildman–Crippen LogP) is 0.0481. The van der Waals surface area contributed by atoms with Gasteiger partial charge in [0.1, 0.15) is 0 Å². The summed E-state index contributed by atoms with van der Waals surface area (Å²) in [4.78, 5) is 12.8. The number of carbonyl (C=O) groups excluding carboxylic acids is 1. The van der Waals surface area contributed by atoms with Crippen LogP contribution in [0.1, 0.15) is 6.42 Å². The molecule has 2 saturated heterocycles. The molecule has 0 unspecified atom stereocenters. The molecule has 4 heteroatoms. The third-order valence-electron chi connectivity index (χ3n) is 2.82. The molecule has 0 saturated carbocycles. The Morgan fingerprint density at radius 1 is 1.58 bits per heavy atom. The van der Waals surface area contributed by atoms with E-state index in [1.807, 2.05) is 0 Å². The zero-order valence-corrected chi connectivity index (χ0v) is 7.30. The van der Waals surface area contributed by atoms with Crippen LogP contribution in [0.15, 0.2) is 0 Å². The van der Waals surface area contributed by atoms with Crippen LogP contribution in [0.3, 0.4) is 0 Å². The maximum atomic E-state index is 11.0. The topological polar surface area (TPSA) is 41.6 Å². The number of ether oxygens (including phenoxy) is 1. The Kier molecular flexibility index (Phi) is 1.72. The summed E-state index contributed by atoms with van der Waals surface area (Å²) >= 11 is 0. The zero-order valence-electron chi connectivity index (χ0n) is 7.30. The standard InChI is InChI=1S/C8H14N2O2/c1-12-7(11)10-5-8(6-10)2-3-9-4-8/h9H,2-6H2,1H3. The molecule has 1 spiro atoms. The van der Waals surface area contributed by atoms with E-state index in [0.29, 0.717) is 5.41 Å². The van der Waals surface area contributed by atoms with Gasteiger partial charge in [0.15, 0.2) is 0 Å². The highest BCUT2D eigenvalue weighted by Crippen LogP contribution is 2.36. The average Bonchev–Trinajstić information content (AvgIpc) is 2.48. The monoisotopic (exact) mass is 170 g/mol. The van der Waals surface area contributed by atoms with E-state index in [0.717, 1.165) is 26.2 Å². The summed E-state index contributed by atoms with van der Waals surface area (Å²) in [6.45, 7) is 3.88. The van der Waals surface area contributed by atoms with Crippen LogP contribution in [-0.4, -0.2) is 44.3 Å². The Labute approximate surface area is 71.9 Å². The van der Waals surface area contributed by atoms with Gasteiger partial charge in [-0.15, -0.1) is 0 Å². The fourth-order valence-electron chi connectivity index (χ4n) is 2.09. The van der Waals surface area contributed by atoms with Crippen molar-refractivity contribution in [3.63, 3.8) is 0 Å². The van der Waals surface area contributed by atoms with Crippen LogP contribution >= 0.6 is 0 Å². The summed E-state index contributed by atoms with van der Waals surface area (Å²) in [7, 11) is 1.43.